The first-order chi connectivity index (χ1) is 13.1. The number of nitrogens with zero attached hydrogens (tertiary/aromatic N) is 2. The van der Waals surface area contributed by atoms with E-state index in [1.54, 1.807) is 48.5 Å². The number of carbonyl (C=O) groups excluding carboxylic acids is 1. The van der Waals surface area contributed by atoms with Crippen LogP contribution in [0.25, 0.3) is 0 Å². The van der Waals surface area contributed by atoms with Crippen LogP contribution in [0.15, 0.2) is 58.1 Å². The third kappa shape index (κ3) is 3.90. The second-order valence-electron chi connectivity index (χ2n) is 6.28. The summed E-state index contributed by atoms with van der Waals surface area (Å²) in [6.45, 7) is 0. The van der Waals surface area contributed by atoms with E-state index in [1.165, 1.54) is 7.11 Å². The van der Waals surface area contributed by atoms with Gasteiger partial charge in [0.1, 0.15) is 5.75 Å². The second kappa shape index (κ2) is 7.56. The first-order valence-corrected chi connectivity index (χ1v) is 9.02. The zero-order chi connectivity index (χ0) is 20.5. The summed E-state index contributed by atoms with van der Waals surface area (Å²) in [5.41, 5.74) is -2.54. The van der Waals surface area contributed by atoms with Gasteiger partial charge in [0.15, 0.2) is 0 Å². The normalized spacial score (nSPS) is 19.5. The highest BCUT2D eigenvalue weighted by Gasteiger charge is 2.63. The molecule has 0 unspecified atom stereocenters. The number of hydrazone groups is 1. The van der Waals surface area contributed by atoms with E-state index in [-0.39, 0.29) is 17.1 Å². The van der Waals surface area contributed by atoms with Gasteiger partial charge in [0.25, 0.3) is 5.72 Å². The number of amides is 1. The lowest BCUT2D eigenvalue weighted by Crippen LogP contribution is -2.57. The number of hydrogen-bond acceptors (Lipinski definition) is 4. The fourth-order valence-electron chi connectivity index (χ4n) is 2.82. The highest BCUT2D eigenvalue weighted by molar-refractivity contribution is 9.10. The molecule has 3 rings (SSSR count). The lowest BCUT2D eigenvalue weighted by molar-refractivity contribution is -0.302. The van der Waals surface area contributed by atoms with Gasteiger partial charge in [0, 0.05) is 4.47 Å². The summed E-state index contributed by atoms with van der Waals surface area (Å²) < 4.78 is 46.6. The minimum Gasteiger partial charge on any atom is -0.497 e. The molecule has 0 saturated heterocycles. The average molecular weight is 457 g/mol. The zero-order valence-electron chi connectivity index (χ0n) is 14.7. The summed E-state index contributed by atoms with van der Waals surface area (Å²) in [4.78, 5) is 12.6. The molecule has 0 saturated carbocycles. The maximum atomic E-state index is 13.6. The molecule has 9 heteroatoms. The summed E-state index contributed by atoms with van der Waals surface area (Å²) in [6, 6.07) is 12.8. The molecule has 5 nitrogen and oxygen atoms in total. The van der Waals surface area contributed by atoms with Gasteiger partial charge in [-0.3, -0.25) is 4.79 Å². The monoisotopic (exact) mass is 456 g/mol. The van der Waals surface area contributed by atoms with Crippen LogP contribution >= 0.6 is 15.9 Å². The summed E-state index contributed by atoms with van der Waals surface area (Å²) >= 11 is 3.25. The van der Waals surface area contributed by atoms with Gasteiger partial charge < -0.3 is 9.84 Å². The van der Waals surface area contributed by atoms with Gasteiger partial charge in [-0.05, 0) is 35.4 Å². The Balaban J connectivity index is 1.90. The van der Waals surface area contributed by atoms with Crippen molar-refractivity contribution in [2.75, 3.05) is 7.11 Å². The lowest BCUT2D eigenvalue weighted by atomic mass is 10.0. The van der Waals surface area contributed by atoms with Gasteiger partial charge in [-0.1, -0.05) is 40.2 Å². The molecule has 28 heavy (non-hydrogen) atoms. The van der Waals surface area contributed by atoms with Crippen LogP contribution in [-0.2, 0) is 11.2 Å². The van der Waals surface area contributed by atoms with Crippen LogP contribution in [0.5, 0.6) is 5.75 Å². The van der Waals surface area contributed by atoms with Gasteiger partial charge in [0.2, 0.25) is 5.91 Å². The van der Waals surface area contributed by atoms with Crippen LogP contribution in [0.4, 0.5) is 13.2 Å². The molecule has 2 aromatic carbocycles. The smallest absolute Gasteiger partial charge is 0.438 e. The largest absolute Gasteiger partial charge is 0.497 e. The fraction of sp³-hybridized carbons (Fsp3) is 0.263. The van der Waals surface area contributed by atoms with Crippen LogP contribution in [0.2, 0.25) is 0 Å². The molecule has 1 amide bonds. The van der Waals surface area contributed by atoms with Crippen molar-refractivity contribution in [2.24, 2.45) is 5.10 Å². The molecule has 1 N–H and O–H groups in total. The third-order valence-electron chi connectivity index (χ3n) is 4.37. The first-order valence-electron chi connectivity index (χ1n) is 8.22. The van der Waals surface area contributed by atoms with E-state index in [4.69, 9.17) is 4.74 Å². The van der Waals surface area contributed by atoms with Crippen molar-refractivity contribution in [1.29, 1.82) is 0 Å². The van der Waals surface area contributed by atoms with Crippen LogP contribution in [0.1, 0.15) is 17.5 Å². The molecule has 1 aliphatic rings. The standard InChI is InChI=1S/C19H16BrF3N2O3/c1-28-15-8-2-12(3-9-15)10-17(26)25-18(27,19(21,22)23)11-16(24-25)13-4-6-14(20)7-5-13/h2-9,27H,10-11H2,1H3/t18-/m0/s1. The van der Waals surface area contributed by atoms with Gasteiger partial charge in [-0.15, -0.1) is 0 Å². The molecule has 0 aliphatic carbocycles. The predicted molar refractivity (Wildman–Crippen MR) is 99.8 cm³/mol. The minimum atomic E-state index is -5.07. The maximum absolute atomic E-state index is 13.6. The number of carbonyl (C=O) groups is 1. The molecule has 0 aromatic heterocycles. The van der Waals surface area contributed by atoms with Crippen LogP contribution in [-0.4, -0.2) is 40.7 Å². The minimum absolute atomic E-state index is 0.0181. The van der Waals surface area contributed by atoms with Crippen LogP contribution in [0, 0.1) is 0 Å². The molecule has 0 radical (unpaired) electrons. The molecule has 0 bridgehead atoms. The number of benzene rings is 2. The van der Waals surface area contributed by atoms with Gasteiger partial charge >= 0.3 is 6.18 Å². The van der Waals surface area contributed by atoms with E-state index in [0.717, 1.165) is 4.47 Å². The van der Waals surface area contributed by atoms with E-state index in [0.29, 0.717) is 16.9 Å². The first kappa shape index (κ1) is 20.3. The van der Waals surface area contributed by atoms with Crippen molar-refractivity contribution < 1.29 is 27.8 Å². The Morgan fingerprint density at radius 3 is 2.36 bits per heavy atom. The number of hydrogen-bond donors (Lipinski definition) is 1. The molecular formula is C19H16BrF3N2O3. The highest BCUT2D eigenvalue weighted by atomic mass is 79.9. The average Bonchev–Trinajstić information content (AvgIpc) is 3.02. The Labute approximate surface area is 167 Å². The zero-order valence-corrected chi connectivity index (χ0v) is 16.3. The number of aliphatic hydroxyl groups is 1. The van der Waals surface area contributed by atoms with Gasteiger partial charge in [-0.25, -0.2) is 0 Å². The van der Waals surface area contributed by atoms with Crippen LogP contribution in [0.3, 0.4) is 0 Å². The Morgan fingerprint density at radius 1 is 1.21 bits per heavy atom. The Kier molecular flexibility index (Phi) is 5.49. The summed E-state index contributed by atoms with van der Waals surface area (Å²) in [5.74, 6) is -0.406. The quantitative estimate of drug-likeness (QED) is 0.758. The molecule has 148 valence electrons. The molecule has 2 aromatic rings. The van der Waals surface area contributed by atoms with Crippen molar-refractivity contribution in [3.05, 3.63) is 64.1 Å². The lowest BCUT2D eigenvalue weighted by Gasteiger charge is -2.32. The third-order valence-corrected chi connectivity index (χ3v) is 4.90. The number of halogens is 4. The van der Waals surface area contributed by atoms with E-state index in [2.05, 4.69) is 21.0 Å². The number of methoxy groups -OCH3 is 1. The Morgan fingerprint density at radius 2 is 1.82 bits per heavy atom. The second-order valence-corrected chi connectivity index (χ2v) is 7.19. The van der Waals surface area contributed by atoms with Crippen LogP contribution < -0.4 is 4.74 Å². The number of alkyl halides is 3. The molecular weight excluding hydrogens is 441 g/mol. The summed E-state index contributed by atoms with van der Waals surface area (Å²) in [6.07, 6.45) is -6.25. The number of ether oxygens (including phenoxy) is 1. The van der Waals surface area contributed by atoms with E-state index in [9.17, 15) is 23.1 Å². The van der Waals surface area contributed by atoms with Crippen molar-refractivity contribution in [2.45, 2.75) is 24.7 Å². The Hall–Kier alpha value is -2.39. The number of rotatable bonds is 4. The van der Waals surface area contributed by atoms with E-state index >= 15 is 0 Å². The molecule has 1 heterocycles. The van der Waals surface area contributed by atoms with Crippen molar-refractivity contribution >= 4 is 27.5 Å². The van der Waals surface area contributed by atoms with E-state index in [1.807, 2.05) is 0 Å². The summed E-state index contributed by atoms with van der Waals surface area (Å²) in [7, 11) is 1.48. The van der Waals surface area contributed by atoms with Crippen molar-refractivity contribution in [1.82, 2.24) is 5.01 Å². The van der Waals surface area contributed by atoms with E-state index < -0.39 is 24.2 Å². The topological polar surface area (TPSA) is 62.1 Å². The maximum Gasteiger partial charge on any atom is 0.438 e. The molecule has 0 fully saturated rings. The van der Waals surface area contributed by atoms with Gasteiger partial charge in [0.05, 0.1) is 25.7 Å². The van der Waals surface area contributed by atoms with Gasteiger partial charge in [-0.2, -0.15) is 23.3 Å². The molecule has 1 atom stereocenters. The summed E-state index contributed by atoms with van der Waals surface area (Å²) in [5, 5.41) is 14.3. The predicted octanol–water partition coefficient (Wildman–Crippen LogP) is 3.89. The highest BCUT2D eigenvalue weighted by Crippen LogP contribution is 2.41. The van der Waals surface area contributed by atoms with Crippen molar-refractivity contribution in [3.63, 3.8) is 0 Å². The molecule has 0 spiro atoms. The van der Waals surface area contributed by atoms with Crippen molar-refractivity contribution in [3.8, 4) is 5.75 Å². The SMILES string of the molecule is COc1ccc(CC(=O)N2N=C(c3ccc(Br)cc3)C[C@]2(O)C(F)(F)F)cc1. The Bertz CT molecular complexity index is 898. The fourth-order valence-corrected chi connectivity index (χ4v) is 3.09. The molecule has 1 aliphatic heterocycles.